The predicted molar refractivity (Wildman–Crippen MR) is 270 cm³/mol. The number of fused-ring (bicyclic) bond motifs is 17. The van der Waals surface area contributed by atoms with Crippen molar-refractivity contribution in [3.8, 4) is 39.1 Å². The molecule has 10 aromatic carbocycles. The molecule has 0 unspecified atom stereocenters. The number of rotatable bonds is 5. The molecule has 2 heterocycles. The van der Waals surface area contributed by atoms with Gasteiger partial charge in [0, 0.05) is 47.9 Å². The summed E-state index contributed by atoms with van der Waals surface area (Å²) in [6.07, 6.45) is 0. The second kappa shape index (κ2) is 13.5. The summed E-state index contributed by atoms with van der Waals surface area (Å²) >= 11 is 1.90. The Morgan fingerprint density at radius 3 is 1.70 bits per heavy atom. The maximum absolute atomic E-state index is 2.55. The molecule has 2 aliphatic carbocycles. The minimum absolute atomic E-state index is 0.463. The Kier molecular flexibility index (Phi) is 7.51. The van der Waals surface area contributed by atoms with E-state index in [1.807, 2.05) is 11.3 Å². The third kappa shape index (κ3) is 4.74. The summed E-state index contributed by atoms with van der Waals surface area (Å²) in [4.78, 5) is 2.55. The summed E-state index contributed by atoms with van der Waals surface area (Å²) in [5.41, 5.74) is 19.3. The molecule has 2 nitrogen and oxygen atoms in total. The average Bonchev–Trinajstić information content (AvgIpc) is 4.09. The lowest BCUT2D eigenvalue weighted by Crippen LogP contribution is -2.26. The highest BCUT2D eigenvalue weighted by atomic mass is 32.1. The molecule has 2 aromatic heterocycles. The van der Waals surface area contributed by atoms with E-state index in [1.165, 1.54) is 97.6 Å². The van der Waals surface area contributed by atoms with Gasteiger partial charge >= 0.3 is 0 Å². The first-order valence-electron chi connectivity index (χ1n) is 22.1. The Labute approximate surface area is 375 Å². The lowest BCUT2D eigenvalue weighted by Gasteiger charge is -2.32. The van der Waals surface area contributed by atoms with Crippen LogP contribution in [0, 0.1) is 0 Å². The van der Waals surface area contributed by atoms with Crippen molar-refractivity contribution < 1.29 is 0 Å². The van der Waals surface area contributed by atoms with Gasteiger partial charge < -0.3 is 9.47 Å². The van der Waals surface area contributed by atoms with Gasteiger partial charge in [-0.15, -0.1) is 11.3 Å². The van der Waals surface area contributed by atoms with Gasteiger partial charge in [-0.3, -0.25) is 0 Å². The second-order valence-electron chi connectivity index (χ2n) is 17.1. The lowest BCUT2D eigenvalue weighted by atomic mass is 9.70. The zero-order chi connectivity index (χ0) is 41.9. The number of hydrogen-bond donors (Lipinski definition) is 0. The number of hydrogen-bond acceptors (Lipinski definition) is 2. The Morgan fingerprint density at radius 1 is 0.391 bits per heavy atom. The molecule has 0 bridgehead atoms. The Hall–Kier alpha value is -7.98. The molecule has 12 aromatic rings. The van der Waals surface area contributed by atoms with Crippen LogP contribution in [-0.4, -0.2) is 4.57 Å². The van der Waals surface area contributed by atoms with Gasteiger partial charge in [0.25, 0.3) is 0 Å². The number of aromatic nitrogens is 1. The largest absolute Gasteiger partial charge is 0.308 e. The van der Waals surface area contributed by atoms with E-state index in [4.69, 9.17) is 0 Å². The third-order valence-electron chi connectivity index (χ3n) is 14.0. The maximum Gasteiger partial charge on any atom is 0.0782 e. The van der Waals surface area contributed by atoms with E-state index in [0.29, 0.717) is 0 Å². The van der Waals surface area contributed by atoms with Crippen LogP contribution in [0.4, 0.5) is 17.1 Å². The smallest absolute Gasteiger partial charge is 0.0782 e. The van der Waals surface area contributed by atoms with Crippen molar-refractivity contribution in [2.75, 3.05) is 4.90 Å². The van der Waals surface area contributed by atoms with Gasteiger partial charge in [-0.25, -0.2) is 0 Å². The van der Waals surface area contributed by atoms with Gasteiger partial charge in [0.2, 0.25) is 0 Å². The van der Waals surface area contributed by atoms with Crippen LogP contribution in [0.2, 0.25) is 0 Å². The highest BCUT2D eigenvalue weighted by Crippen LogP contribution is 2.65. The van der Waals surface area contributed by atoms with Crippen LogP contribution in [-0.2, 0) is 5.41 Å². The fraction of sp³-hybridized carbons (Fsp3) is 0.0164. The topological polar surface area (TPSA) is 8.17 Å². The van der Waals surface area contributed by atoms with Crippen molar-refractivity contribution in [1.82, 2.24) is 4.57 Å². The fourth-order valence-corrected chi connectivity index (χ4v) is 12.8. The zero-order valence-corrected chi connectivity index (χ0v) is 35.6. The van der Waals surface area contributed by atoms with Crippen LogP contribution < -0.4 is 4.90 Å². The van der Waals surface area contributed by atoms with Gasteiger partial charge in [-0.2, -0.15) is 0 Å². The van der Waals surface area contributed by atoms with Crippen LogP contribution in [0.15, 0.2) is 231 Å². The molecule has 0 N–H and O–H groups in total. The average molecular weight is 831 g/mol. The Balaban J connectivity index is 1.11. The van der Waals surface area contributed by atoms with Crippen LogP contribution in [0.25, 0.3) is 81.0 Å². The Morgan fingerprint density at radius 2 is 0.953 bits per heavy atom. The molecule has 0 saturated heterocycles. The van der Waals surface area contributed by atoms with Crippen LogP contribution in [0.1, 0.15) is 22.3 Å². The molecule has 0 radical (unpaired) electrons. The summed E-state index contributed by atoms with van der Waals surface area (Å²) < 4.78 is 5.14. The monoisotopic (exact) mass is 830 g/mol. The fourth-order valence-electron chi connectivity index (χ4n) is 11.5. The molecule has 0 amide bonds. The minimum atomic E-state index is -0.463. The molecule has 0 fully saturated rings. The van der Waals surface area contributed by atoms with E-state index in [0.717, 1.165) is 22.7 Å². The molecule has 0 atom stereocenters. The highest BCUT2D eigenvalue weighted by molar-refractivity contribution is 7.26. The number of benzene rings is 10. The van der Waals surface area contributed by atoms with Gasteiger partial charge in [0.05, 0.1) is 27.8 Å². The first-order chi connectivity index (χ1) is 31.8. The van der Waals surface area contributed by atoms with E-state index in [-0.39, 0.29) is 0 Å². The van der Waals surface area contributed by atoms with Crippen molar-refractivity contribution in [2.24, 2.45) is 0 Å². The SMILES string of the molecule is c1ccc(-c2ccc(N(c3cccc4c3-c3ccccc3C43c4ccccc4-c4ccccc43)c3cccc4c5c6sc7ccccc7c6ccc5n(-c5ccccc5)c34)cc2)cc1. The summed E-state index contributed by atoms with van der Waals surface area (Å²) in [5.74, 6) is 0. The van der Waals surface area contributed by atoms with Gasteiger partial charge in [0.1, 0.15) is 0 Å². The van der Waals surface area contributed by atoms with Crippen LogP contribution >= 0.6 is 11.3 Å². The molecule has 2 aliphatic rings. The second-order valence-corrected chi connectivity index (χ2v) is 18.2. The van der Waals surface area contributed by atoms with Crippen molar-refractivity contribution in [2.45, 2.75) is 5.41 Å². The van der Waals surface area contributed by atoms with E-state index in [9.17, 15) is 0 Å². The third-order valence-corrected chi connectivity index (χ3v) is 15.2. The maximum atomic E-state index is 2.55. The normalized spacial score (nSPS) is 13.1. The van der Waals surface area contributed by atoms with Gasteiger partial charge in [-0.1, -0.05) is 182 Å². The number of anilines is 3. The number of nitrogens with zero attached hydrogens (tertiary/aromatic N) is 2. The first-order valence-corrected chi connectivity index (χ1v) is 22.9. The molecule has 1 spiro atoms. The molecule has 0 saturated carbocycles. The molecule has 298 valence electrons. The van der Waals surface area contributed by atoms with E-state index >= 15 is 0 Å². The van der Waals surface area contributed by atoms with Gasteiger partial charge in [-0.05, 0) is 98.6 Å². The molecular weight excluding hydrogens is 793 g/mol. The summed E-state index contributed by atoms with van der Waals surface area (Å²) in [5, 5.41) is 5.14. The summed E-state index contributed by atoms with van der Waals surface area (Å²) in [6.45, 7) is 0. The number of thiophene rings is 1. The Bertz CT molecular complexity index is 3790. The molecule has 14 rings (SSSR count). The van der Waals surface area contributed by atoms with Crippen LogP contribution in [0.3, 0.4) is 0 Å². The highest BCUT2D eigenvalue weighted by Gasteiger charge is 2.52. The quantitative estimate of drug-likeness (QED) is 0.168. The van der Waals surface area contributed by atoms with E-state index < -0.39 is 5.41 Å². The van der Waals surface area contributed by atoms with E-state index in [1.54, 1.807) is 0 Å². The van der Waals surface area contributed by atoms with Crippen molar-refractivity contribution in [1.29, 1.82) is 0 Å². The number of para-hydroxylation sites is 2. The summed E-state index contributed by atoms with van der Waals surface area (Å²) in [7, 11) is 0. The van der Waals surface area contributed by atoms with Gasteiger partial charge in [0.15, 0.2) is 0 Å². The zero-order valence-electron chi connectivity index (χ0n) is 34.7. The molecule has 64 heavy (non-hydrogen) atoms. The molecule has 0 aliphatic heterocycles. The first kappa shape index (κ1) is 35.6. The standard InChI is InChI=1S/C61H38N2S/c1-3-17-39(18-4-1)40-33-35-42(36-34-40)62(53-30-16-29-52-57(53)47-24-9-13-28-51(47)61(52)49-26-11-7-21-43(49)44-22-8-12-27-50(44)61)55-31-15-25-48-58-54(63(59(48)55)41-19-5-2-6-20-41)38-37-46-45-23-10-14-32-56(45)64-60(46)58/h1-38H. The van der Waals surface area contributed by atoms with Crippen molar-refractivity contribution >= 4 is 70.4 Å². The van der Waals surface area contributed by atoms with Crippen molar-refractivity contribution in [3.05, 3.63) is 253 Å². The molecule has 3 heteroatoms. The van der Waals surface area contributed by atoms with Crippen LogP contribution in [0.5, 0.6) is 0 Å². The molecular formula is C61H38N2S. The van der Waals surface area contributed by atoms with Crippen molar-refractivity contribution in [3.63, 3.8) is 0 Å². The summed E-state index contributed by atoms with van der Waals surface area (Å²) in [6, 6.07) is 85.7. The van der Waals surface area contributed by atoms with E-state index in [2.05, 4.69) is 240 Å². The predicted octanol–water partition coefficient (Wildman–Crippen LogP) is 16.6. The lowest BCUT2D eigenvalue weighted by molar-refractivity contribution is 0.794. The minimum Gasteiger partial charge on any atom is -0.308 e.